The van der Waals surface area contributed by atoms with Crippen LogP contribution in [-0.2, 0) is 0 Å². The summed E-state index contributed by atoms with van der Waals surface area (Å²) in [4.78, 5) is 11.0. The molecule has 0 bridgehead atoms. The highest BCUT2D eigenvalue weighted by Crippen LogP contribution is 2.34. The molecule has 0 fully saturated rings. The molecule has 0 aromatic heterocycles. The van der Waals surface area contributed by atoms with Gasteiger partial charge >= 0.3 is 5.97 Å². The fourth-order valence-corrected chi connectivity index (χ4v) is 2.11. The second-order valence-electron chi connectivity index (χ2n) is 4.62. The lowest BCUT2D eigenvalue weighted by molar-refractivity contribution is -0.271. The van der Waals surface area contributed by atoms with E-state index in [1.807, 2.05) is 0 Å². The second-order valence-corrected chi connectivity index (χ2v) is 5.03. The summed E-state index contributed by atoms with van der Waals surface area (Å²) in [5.41, 5.74) is 3.69. The average Bonchev–Trinajstić information content (AvgIpc) is 2.57. The Bertz CT molecular complexity index is 767. The van der Waals surface area contributed by atoms with Crippen LogP contribution < -0.4 is 20.0 Å². The zero-order valence-electron chi connectivity index (χ0n) is 12.9. The lowest BCUT2D eigenvalue weighted by Crippen LogP contribution is -2.01. The van der Waals surface area contributed by atoms with E-state index < -0.39 is 5.97 Å². The Labute approximate surface area is 143 Å². The number of hydrogen-bond donors (Lipinski definition) is 2. The van der Waals surface area contributed by atoms with E-state index in [0.29, 0.717) is 11.3 Å². The number of methoxy groups -OCH3 is 2. The van der Waals surface area contributed by atoms with E-state index in [1.54, 1.807) is 6.07 Å². The van der Waals surface area contributed by atoms with Crippen LogP contribution in [-0.4, -0.2) is 31.5 Å². The van der Waals surface area contributed by atoms with E-state index in [1.165, 1.54) is 44.7 Å². The molecule has 0 aliphatic carbocycles. The molecule has 0 atom stereocenters. The van der Waals surface area contributed by atoms with Gasteiger partial charge in [-0.05, 0) is 36.1 Å². The molecule has 2 aromatic carbocycles. The minimum atomic E-state index is -1.13. The molecule has 0 aliphatic rings. The number of halogens is 1. The summed E-state index contributed by atoms with van der Waals surface area (Å²) in [6.45, 7) is 0. The van der Waals surface area contributed by atoms with Crippen molar-refractivity contribution in [1.82, 2.24) is 0 Å². The van der Waals surface area contributed by atoms with Crippen molar-refractivity contribution in [2.24, 2.45) is 5.10 Å². The first-order valence-electron chi connectivity index (χ1n) is 6.71. The van der Waals surface area contributed by atoms with E-state index >= 15 is 0 Å². The third-order valence-electron chi connectivity index (χ3n) is 3.09. The Balaban J connectivity index is 2.20. The monoisotopic (exact) mass is 349 g/mol. The molecule has 0 spiro atoms. The molecule has 2 N–H and O–H groups in total. The highest BCUT2D eigenvalue weighted by molar-refractivity contribution is 6.33. The maximum Gasteiger partial charge on any atom is 0.337 e. The van der Waals surface area contributed by atoms with Crippen molar-refractivity contribution in [3.63, 3.8) is 0 Å². The zero-order valence-corrected chi connectivity index (χ0v) is 13.6. The predicted molar refractivity (Wildman–Crippen MR) is 88.6 cm³/mol. The van der Waals surface area contributed by atoms with Gasteiger partial charge in [0.25, 0.3) is 0 Å². The molecule has 0 amide bonds. The lowest BCUT2D eigenvalue weighted by Gasteiger charge is -2.17. The minimum Gasteiger partial charge on any atom is -0.867 e. The standard InChI is InChI=1S/C16H15ClN2O5/c1-23-13-5-9(6-14(24-2)15(13)20)8-18-19-10-3-4-12(17)11(7-10)16(21)22/h3-8,19-20H,1-2H3,(H,21,22)/p-1/b18-8+. The first kappa shape index (κ1) is 17.4. The quantitative estimate of drug-likeness (QED) is 0.613. The summed E-state index contributed by atoms with van der Waals surface area (Å²) in [5, 5.41) is 25.0. The average molecular weight is 350 g/mol. The number of aromatic carboxylic acids is 1. The van der Waals surface area contributed by atoms with Gasteiger partial charge in [-0.25, -0.2) is 4.79 Å². The Morgan fingerprint density at radius 1 is 1.25 bits per heavy atom. The molecule has 0 aliphatic heterocycles. The van der Waals surface area contributed by atoms with Crippen LogP contribution in [0.15, 0.2) is 35.4 Å². The Hall–Kier alpha value is -2.93. The molecular weight excluding hydrogens is 336 g/mol. The summed E-state index contributed by atoms with van der Waals surface area (Å²) >= 11 is 5.80. The number of rotatable bonds is 6. The van der Waals surface area contributed by atoms with E-state index in [9.17, 15) is 9.90 Å². The number of nitrogens with one attached hydrogen (secondary N) is 1. The summed E-state index contributed by atoms with van der Waals surface area (Å²) in [6.07, 6.45) is 1.44. The third-order valence-corrected chi connectivity index (χ3v) is 3.42. The minimum absolute atomic E-state index is 0.0316. The number of hydrazone groups is 1. The predicted octanol–water partition coefficient (Wildman–Crippen LogP) is 2.58. The smallest absolute Gasteiger partial charge is 0.337 e. The fraction of sp³-hybridized carbons (Fsp3) is 0.125. The lowest BCUT2D eigenvalue weighted by atomic mass is 10.2. The van der Waals surface area contributed by atoms with Crippen LogP contribution in [0, 0.1) is 0 Å². The van der Waals surface area contributed by atoms with Crippen LogP contribution in [0.1, 0.15) is 15.9 Å². The number of carbonyl (C=O) groups is 1. The number of ether oxygens (including phenoxy) is 2. The maximum atomic E-state index is 11.8. The molecular formula is C16H14ClN2O5-. The normalized spacial score (nSPS) is 10.6. The topological polar surface area (TPSA) is 103 Å². The third kappa shape index (κ3) is 3.88. The maximum absolute atomic E-state index is 11.8. The van der Waals surface area contributed by atoms with Crippen LogP contribution in [0.3, 0.4) is 0 Å². The first-order valence-corrected chi connectivity index (χ1v) is 7.09. The van der Waals surface area contributed by atoms with Gasteiger partial charge in [0.2, 0.25) is 0 Å². The SMILES string of the molecule is COc1cc(/C=N/Nc2ccc(Cl)c(C(=O)O)c2)cc(OC)c1[O-]. The molecule has 126 valence electrons. The molecule has 0 radical (unpaired) electrons. The van der Waals surface area contributed by atoms with Crippen molar-refractivity contribution in [2.75, 3.05) is 19.6 Å². The Kier molecular flexibility index (Phi) is 5.49. The number of anilines is 1. The van der Waals surface area contributed by atoms with Crippen molar-refractivity contribution in [3.8, 4) is 17.2 Å². The van der Waals surface area contributed by atoms with Crippen LogP contribution in [0.5, 0.6) is 17.2 Å². The van der Waals surface area contributed by atoms with Gasteiger partial charge in [0.1, 0.15) is 11.5 Å². The van der Waals surface area contributed by atoms with Gasteiger partial charge in [0, 0.05) is 5.56 Å². The molecule has 0 heterocycles. The molecule has 7 nitrogen and oxygen atoms in total. The number of nitrogens with zero attached hydrogens (tertiary/aromatic N) is 1. The van der Waals surface area contributed by atoms with Crippen molar-refractivity contribution in [3.05, 3.63) is 46.5 Å². The second kappa shape index (κ2) is 7.56. The van der Waals surface area contributed by atoms with E-state index in [4.69, 9.17) is 26.2 Å². The molecule has 24 heavy (non-hydrogen) atoms. The van der Waals surface area contributed by atoms with Crippen molar-refractivity contribution in [1.29, 1.82) is 0 Å². The summed E-state index contributed by atoms with van der Waals surface area (Å²) in [5.74, 6) is -1.21. The summed E-state index contributed by atoms with van der Waals surface area (Å²) in [6, 6.07) is 7.44. The molecule has 8 heteroatoms. The molecule has 0 unspecified atom stereocenters. The van der Waals surface area contributed by atoms with Crippen LogP contribution in [0.2, 0.25) is 5.02 Å². The van der Waals surface area contributed by atoms with Gasteiger partial charge in [-0.3, -0.25) is 5.43 Å². The van der Waals surface area contributed by atoms with Gasteiger partial charge in [0.15, 0.2) is 0 Å². The Morgan fingerprint density at radius 2 is 1.88 bits per heavy atom. The summed E-state index contributed by atoms with van der Waals surface area (Å²) in [7, 11) is 2.77. The molecule has 0 saturated heterocycles. The number of benzene rings is 2. The number of carboxylic acid groups (broad SMARTS) is 1. The molecule has 2 rings (SSSR count). The van der Waals surface area contributed by atoms with E-state index in [-0.39, 0.29) is 27.8 Å². The van der Waals surface area contributed by atoms with Crippen molar-refractivity contribution >= 4 is 29.5 Å². The fourth-order valence-electron chi connectivity index (χ4n) is 1.91. The van der Waals surface area contributed by atoms with Crippen LogP contribution >= 0.6 is 11.6 Å². The largest absolute Gasteiger partial charge is 0.867 e. The van der Waals surface area contributed by atoms with Gasteiger partial charge in [-0.15, -0.1) is 0 Å². The highest BCUT2D eigenvalue weighted by atomic mass is 35.5. The van der Waals surface area contributed by atoms with Gasteiger partial charge in [0.05, 0.1) is 36.7 Å². The van der Waals surface area contributed by atoms with E-state index in [2.05, 4.69) is 10.5 Å². The zero-order chi connectivity index (χ0) is 17.7. The van der Waals surface area contributed by atoms with Crippen LogP contribution in [0.4, 0.5) is 5.69 Å². The van der Waals surface area contributed by atoms with Gasteiger partial charge < -0.3 is 19.7 Å². The molecule has 0 saturated carbocycles. The van der Waals surface area contributed by atoms with Gasteiger partial charge in [-0.1, -0.05) is 11.6 Å². The van der Waals surface area contributed by atoms with Crippen molar-refractivity contribution in [2.45, 2.75) is 0 Å². The number of carboxylic acids is 1. The Morgan fingerprint density at radius 3 is 2.42 bits per heavy atom. The number of hydrogen-bond acceptors (Lipinski definition) is 6. The van der Waals surface area contributed by atoms with Gasteiger partial charge in [-0.2, -0.15) is 5.10 Å². The molecule has 2 aromatic rings. The first-order chi connectivity index (χ1) is 11.5. The summed E-state index contributed by atoms with van der Waals surface area (Å²) < 4.78 is 9.99. The van der Waals surface area contributed by atoms with Crippen molar-refractivity contribution < 1.29 is 24.5 Å². The van der Waals surface area contributed by atoms with E-state index in [0.717, 1.165) is 0 Å². The van der Waals surface area contributed by atoms with Crippen LogP contribution in [0.25, 0.3) is 0 Å². The highest BCUT2D eigenvalue weighted by Gasteiger charge is 2.09.